The van der Waals surface area contributed by atoms with Crippen LogP contribution in [0.15, 0.2) is 30.6 Å². The second-order valence-electron chi connectivity index (χ2n) is 4.55. The van der Waals surface area contributed by atoms with Crippen molar-refractivity contribution in [3.8, 4) is 5.88 Å². The smallest absolute Gasteiger partial charge is 0.251 e. The predicted octanol–water partition coefficient (Wildman–Crippen LogP) is 1.90. The molecule has 6 nitrogen and oxygen atoms in total. The van der Waals surface area contributed by atoms with Crippen LogP contribution >= 0.6 is 0 Å². The van der Waals surface area contributed by atoms with E-state index in [1.165, 1.54) is 13.4 Å². The van der Waals surface area contributed by atoms with Crippen LogP contribution in [0, 0.1) is 6.92 Å². The highest BCUT2D eigenvalue weighted by atomic mass is 16.5. The van der Waals surface area contributed by atoms with Crippen LogP contribution < -0.4 is 15.4 Å². The number of nitrogens with one attached hydrogen (secondary N) is 2. The van der Waals surface area contributed by atoms with Crippen LogP contribution in [-0.2, 0) is 4.79 Å². The number of carbonyl (C=O) groups excluding carboxylic acids is 1. The molecule has 1 amide bonds. The zero-order valence-corrected chi connectivity index (χ0v) is 11.2. The molecule has 0 fully saturated rings. The standard InChI is InChI=1S/C14H14N4O2/c1-8-4-3-5-9-12(8)18-14(19)13(9)17-10-6-11(20-2)16-7-15-10/h3-7,13H,1-2H3,(H,18,19)(H,15,16,17). The lowest BCUT2D eigenvalue weighted by atomic mass is 10.1. The number of hydrogen-bond donors (Lipinski definition) is 2. The van der Waals surface area contributed by atoms with Gasteiger partial charge in [0.15, 0.2) is 0 Å². The van der Waals surface area contributed by atoms with Gasteiger partial charge in [-0.1, -0.05) is 18.2 Å². The van der Waals surface area contributed by atoms with E-state index in [0.29, 0.717) is 11.7 Å². The molecule has 3 rings (SSSR count). The van der Waals surface area contributed by atoms with Crippen molar-refractivity contribution >= 4 is 17.4 Å². The second kappa shape index (κ2) is 4.80. The number of amides is 1. The van der Waals surface area contributed by atoms with Crippen LogP contribution in [0.2, 0.25) is 0 Å². The number of anilines is 2. The van der Waals surface area contributed by atoms with Gasteiger partial charge in [0.05, 0.1) is 7.11 Å². The minimum Gasteiger partial charge on any atom is -0.481 e. The summed E-state index contributed by atoms with van der Waals surface area (Å²) in [6.07, 6.45) is 1.39. The highest BCUT2D eigenvalue weighted by molar-refractivity contribution is 6.04. The molecule has 1 aromatic heterocycles. The normalized spacial score (nSPS) is 16.5. The van der Waals surface area contributed by atoms with E-state index in [2.05, 4.69) is 20.6 Å². The zero-order valence-electron chi connectivity index (χ0n) is 11.2. The third-order valence-electron chi connectivity index (χ3n) is 3.27. The molecule has 0 saturated carbocycles. The Morgan fingerprint density at radius 3 is 3.00 bits per heavy atom. The van der Waals surface area contributed by atoms with Gasteiger partial charge in [-0.15, -0.1) is 0 Å². The van der Waals surface area contributed by atoms with Gasteiger partial charge in [0, 0.05) is 17.3 Å². The average molecular weight is 270 g/mol. The van der Waals surface area contributed by atoms with Crippen LogP contribution in [0.25, 0.3) is 0 Å². The summed E-state index contributed by atoms with van der Waals surface area (Å²) < 4.78 is 5.04. The van der Waals surface area contributed by atoms with Gasteiger partial charge in [-0.25, -0.2) is 9.97 Å². The van der Waals surface area contributed by atoms with E-state index >= 15 is 0 Å². The number of methoxy groups -OCH3 is 1. The predicted molar refractivity (Wildman–Crippen MR) is 74.8 cm³/mol. The van der Waals surface area contributed by atoms with Gasteiger partial charge >= 0.3 is 0 Å². The fourth-order valence-corrected chi connectivity index (χ4v) is 2.26. The Labute approximate surface area is 116 Å². The first kappa shape index (κ1) is 12.4. The molecule has 20 heavy (non-hydrogen) atoms. The Kier molecular flexibility index (Phi) is 2.98. The molecule has 2 aromatic rings. The lowest BCUT2D eigenvalue weighted by Gasteiger charge is -2.12. The Bertz CT molecular complexity index is 672. The third-order valence-corrected chi connectivity index (χ3v) is 3.27. The van der Waals surface area contributed by atoms with Crippen LogP contribution in [0.4, 0.5) is 11.5 Å². The molecule has 0 spiro atoms. The molecule has 0 bridgehead atoms. The van der Waals surface area contributed by atoms with Crippen molar-refractivity contribution in [1.29, 1.82) is 0 Å². The number of aromatic nitrogens is 2. The molecular formula is C14H14N4O2. The minimum absolute atomic E-state index is 0.0909. The van der Waals surface area contributed by atoms with Gasteiger partial charge in [-0.05, 0) is 12.5 Å². The van der Waals surface area contributed by atoms with E-state index in [-0.39, 0.29) is 5.91 Å². The SMILES string of the molecule is COc1cc(NC2C(=O)Nc3c(C)cccc32)ncn1. The molecule has 1 atom stereocenters. The van der Waals surface area contributed by atoms with E-state index < -0.39 is 6.04 Å². The first-order valence-electron chi connectivity index (χ1n) is 6.22. The van der Waals surface area contributed by atoms with E-state index in [1.54, 1.807) is 6.07 Å². The largest absolute Gasteiger partial charge is 0.481 e. The van der Waals surface area contributed by atoms with Gasteiger partial charge in [0.2, 0.25) is 5.88 Å². The van der Waals surface area contributed by atoms with E-state index in [0.717, 1.165) is 16.8 Å². The summed E-state index contributed by atoms with van der Waals surface area (Å²) in [4.78, 5) is 20.1. The van der Waals surface area contributed by atoms with Crippen molar-refractivity contribution in [2.45, 2.75) is 13.0 Å². The molecular weight excluding hydrogens is 256 g/mol. The number of hydrogen-bond acceptors (Lipinski definition) is 5. The minimum atomic E-state index is -0.454. The van der Waals surface area contributed by atoms with Gasteiger partial charge in [0.25, 0.3) is 5.91 Å². The van der Waals surface area contributed by atoms with E-state index in [4.69, 9.17) is 4.74 Å². The fourth-order valence-electron chi connectivity index (χ4n) is 2.26. The Hall–Kier alpha value is -2.63. The van der Waals surface area contributed by atoms with Gasteiger partial charge in [-0.3, -0.25) is 4.79 Å². The number of carbonyl (C=O) groups is 1. The summed E-state index contributed by atoms with van der Waals surface area (Å²) in [7, 11) is 1.53. The maximum atomic E-state index is 12.1. The Morgan fingerprint density at radius 1 is 1.35 bits per heavy atom. The summed E-state index contributed by atoms with van der Waals surface area (Å²) in [6, 6.07) is 7.03. The topological polar surface area (TPSA) is 76.1 Å². The molecule has 1 aliphatic heterocycles. The van der Waals surface area contributed by atoms with Crippen LogP contribution in [0.1, 0.15) is 17.2 Å². The maximum Gasteiger partial charge on any atom is 0.251 e. The van der Waals surface area contributed by atoms with Crippen molar-refractivity contribution in [3.63, 3.8) is 0 Å². The van der Waals surface area contributed by atoms with Crippen molar-refractivity contribution in [2.24, 2.45) is 0 Å². The molecule has 0 aliphatic carbocycles. The lowest BCUT2D eigenvalue weighted by Crippen LogP contribution is -2.20. The molecule has 0 saturated heterocycles. The summed E-state index contributed by atoms with van der Waals surface area (Å²) in [5.41, 5.74) is 2.84. The molecule has 1 aliphatic rings. The van der Waals surface area contributed by atoms with Crippen LogP contribution in [-0.4, -0.2) is 23.0 Å². The number of nitrogens with zero attached hydrogens (tertiary/aromatic N) is 2. The first-order chi connectivity index (χ1) is 9.69. The summed E-state index contributed by atoms with van der Waals surface area (Å²) in [5.74, 6) is 0.906. The number of rotatable bonds is 3. The molecule has 102 valence electrons. The van der Waals surface area contributed by atoms with Crippen molar-refractivity contribution in [2.75, 3.05) is 17.7 Å². The average Bonchev–Trinajstić information content (AvgIpc) is 2.78. The van der Waals surface area contributed by atoms with Gasteiger partial charge < -0.3 is 15.4 Å². The number of benzene rings is 1. The molecule has 1 unspecified atom stereocenters. The molecule has 2 heterocycles. The van der Waals surface area contributed by atoms with Gasteiger partial charge in [-0.2, -0.15) is 0 Å². The van der Waals surface area contributed by atoms with E-state index in [1.807, 2.05) is 25.1 Å². The summed E-state index contributed by atoms with van der Waals surface area (Å²) >= 11 is 0. The number of fused-ring (bicyclic) bond motifs is 1. The second-order valence-corrected chi connectivity index (χ2v) is 4.55. The first-order valence-corrected chi connectivity index (χ1v) is 6.22. The molecule has 6 heteroatoms. The van der Waals surface area contributed by atoms with Crippen molar-refractivity contribution in [3.05, 3.63) is 41.7 Å². The number of para-hydroxylation sites is 1. The van der Waals surface area contributed by atoms with Crippen molar-refractivity contribution < 1.29 is 9.53 Å². The number of aryl methyl sites for hydroxylation is 1. The highest BCUT2D eigenvalue weighted by Gasteiger charge is 2.31. The Morgan fingerprint density at radius 2 is 2.20 bits per heavy atom. The molecule has 1 aromatic carbocycles. The maximum absolute atomic E-state index is 12.1. The van der Waals surface area contributed by atoms with Crippen LogP contribution in [0.3, 0.4) is 0 Å². The third kappa shape index (κ3) is 2.05. The van der Waals surface area contributed by atoms with Crippen LogP contribution in [0.5, 0.6) is 5.88 Å². The number of ether oxygens (including phenoxy) is 1. The van der Waals surface area contributed by atoms with E-state index in [9.17, 15) is 4.79 Å². The lowest BCUT2D eigenvalue weighted by molar-refractivity contribution is -0.116. The monoisotopic (exact) mass is 270 g/mol. The Balaban J connectivity index is 1.92. The highest BCUT2D eigenvalue weighted by Crippen LogP contribution is 2.35. The fraction of sp³-hybridized carbons (Fsp3) is 0.214. The molecule has 2 N–H and O–H groups in total. The quantitative estimate of drug-likeness (QED) is 0.890. The van der Waals surface area contributed by atoms with Crippen molar-refractivity contribution in [1.82, 2.24) is 9.97 Å². The molecule has 0 radical (unpaired) electrons. The summed E-state index contributed by atoms with van der Waals surface area (Å²) in [5, 5.41) is 5.99. The van der Waals surface area contributed by atoms with Gasteiger partial charge in [0.1, 0.15) is 18.2 Å². The summed E-state index contributed by atoms with van der Waals surface area (Å²) in [6.45, 7) is 1.97. The zero-order chi connectivity index (χ0) is 14.1.